The van der Waals surface area contributed by atoms with E-state index in [1.165, 1.54) is 11.1 Å². The Hall–Kier alpha value is -1.63. The van der Waals surface area contributed by atoms with Crippen LogP contribution in [-0.2, 0) is 9.84 Å². The van der Waals surface area contributed by atoms with Gasteiger partial charge in [-0.1, -0.05) is 40.8 Å². The van der Waals surface area contributed by atoms with Crippen molar-refractivity contribution >= 4 is 28.4 Å². The summed E-state index contributed by atoms with van der Waals surface area (Å²) in [5.41, 5.74) is 3.62. The number of pyridine rings is 1. The van der Waals surface area contributed by atoms with Gasteiger partial charge in [-0.3, -0.25) is 9.98 Å². The fourth-order valence-electron chi connectivity index (χ4n) is 3.17. The number of aromatic nitrogens is 1. The third-order valence-electron chi connectivity index (χ3n) is 4.37. The van der Waals surface area contributed by atoms with Gasteiger partial charge < -0.3 is 10.1 Å². The molecule has 0 saturated heterocycles. The first-order valence-electron chi connectivity index (χ1n) is 7.89. The molecule has 4 rings (SSSR count). The average molecular weight is 419 g/mol. The summed E-state index contributed by atoms with van der Waals surface area (Å²) in [4.78, 5) is 9.23. The van der Waals surface area contributed by atoms with E-state index in [0.717, 1.165) is 49.8 Å². The highest BCUT2D eigenvalue weighted by atomic mass is 127. The molecule has 4 nitrogen and oxygen atoms in total. The number of rotatable bonds is 4. The van der Waals surface area contributed by atoms with Gasteiger partial charge in [0.05, 0.1) is 28.1 Å². The highest BCUT2D eigenvalue weighted by Crippen LogP contribution is 2.43. The Morgan fingerprint density at radius 1 is 1.26 bits per heavy atom. The molecule has 0 bridgehead atoms. The van der Waals surface area contributed by atoms with Crippen molar-refractivity contribution in [1.82, 2.24) is 10.3 Å². The molecule has 118 valence electrons. The van der Waals surface area contributed by atoms with E-state index >= 15 is 0 Å². The Labute approximate surface area is 149 Å². The minimum Gasteiger partial charge on any atom is -0.493 e. The molecule has 0 fully saturated rings. The largest absolute Gasteiger partial charge is 0.493 e. The molecule has 23 heavy (non-hydrogen) atoms. The number of ether oxygens (including phenoxy) is 1. The molecule has 2 aliphatic heterocycles. The lowest BCUT2D eigenvalue weighted by molar-refractivity contribution is 0.357. The summed E-state index contributed by atoms with van der Waals surface area (Å²) in [6, 6.07) is 12.7. The maximum atomic E-state index is 5.65. The van der Waals surface area contributed by atoms with E-state index in [0.29, 0.717) is 0 Å². The lowest BCUT2D eigenvalue weighted by Crippen LogP contribution is -2.30. The van der Waals surface area contributed by atoms with Crippen LogP contribution < -0.4 is 10.1 Å². The van der Waals surface area contributed by atoms with E-state index in [9.17, 15) is 0 Å². The van der Waals surface area contributed by atoms with Gasteiger partial charge in [0.25, 0.3) is 0 Å². The molecule has 3 heterocycles. The normalized spacial score (nSPS) is 18.6. The highest BCUT2D eigenvalue weighted by molar-refractivity contribution is 14.1. The number of aliphatic imine (C=N–C) groups is 1. The second-order valence-electron chi connectivity index (χ2n) is 5.87. The monoisotopic (exact) mass is 419 g/mol. The second kappa shape index (κ2) is 6.11. The van der Waals surface area contributed by atoms with Crippen molar-refractivity contribution in [1.29, 1.82) is 0 Å². The zero-order valence-electron chi connectivity index (χ0n) is 12.8. The van der Waals surface area contributed by atoms with Gasteiger partial charge in [0, 0.05) is 25.6 Å². The fourth-order valence-corrected chi connectivity index (χ4v) is 4.18. The summed E-state index contributed by atoms with van der Waals surface area (Å²) < 4.78 is 5.42. The molecular formula is C18H18IN3O. The van der Waals surface area contributed by atoms with Gasteiger partial charge in [0.15, 0.2) is 0 Å². The minimum absolute atomic E-state index is 0.229. The molecule has 1 atom stereocenters. The average Bonchev–Trinajstić information content (AvgIpc) is 3.26. The van der Waals surface area contributed by atoms with Crippen LogP contribution in [0.4, 0.5) is 0 Å². The number of nitrogens with one attached hydrogen (secondary N) is 1. The van der Waals surface area contributed by atoms with Gasteiger partial charge in [0.1, 0.15) is 5.75 Å². The summed E-state index contributed by atoms with van der Waals surface area (Å²) in [5.74, 6) is 2.09. The first-order chi connectivity index (χ1) is 11.3. The predicted octanol–water partition coefficient (Wildman–Crippen LogP) is 3.09. The maximum Gasteiger partial charge on any atom is 0.122 e. The second-order valence-corrected chi connectivity index (χ2v) is 7.71. The Bertz CT molecular complexity index is 747. The summed E-state index contributed by atoms with van der Waals surface area (Å²) >= 11 is 2.54. The SMILES string of the molecule is IC(CC1=NCCN1)(c1ccc2c(c1)CCO2)c1ccccn1. The van der Waals surface area contributed by atoms with E-state index in [2.05, 4.69) is 68.2 Å². The van der Waals surface area contributed by atoms with Crippen LogP contribution in [0.25, 0.3) is 0 Å². The van der Waals surface area contributed by atoms with Gasteiger partial charge in [-0.2, -0.15) is 0 Å². The lowest BCUT2D eigenvalue weighted by Gasteiger charge is -2.28. The molecule has 2 aromatic rings. The molecule has 0 radical (unpaired) electrons. The Morgan fingerprint density at radius 3 is 3.00 bits per heavy atom. The van der Waals surface area contributed by atoms with Crippen molar-refractivity contribution in [2.75, 3.05) is 19.7 Å². The molecule has 2 aliphatic rings. The van der Waals surface area contributed by atoms with Crippen LogP contribution in [0.3, 0.4) is 0 Å². The van der Waals surface area contributed by atoms with E-state index in [4.69, 9.17) is 4.74 Å². The number of halogens is 1. The van der Waals surface area contributed by atoms with Crippen LogP contribution in [0.2, 0.25) is 0 Å². The van der Waals surface area contributed by atoms with Crippen LogP contribution in [0.5, 0.6) is 5.75 Å². The van der Waals surface area contributed by atoms with Crippen molar-refractivity contribution < 1.29 is 4.74 Å². The third kappa shape index (κ3) is 2.82. The number of fused-ring (bicyclic) bond motifs is 1. The molecule has 0 amide bonds. The zero-order chi connectivity index (χ0) is 15.7. The van der Waals surface area contributed by atoms with E-state index in [1.54, 1.807) is 0 Å². The summed E-state index contributed by atoms with van der Waals surface area (Å²) in [6.45, 7) is 2.58. The van der Waals surface area contributed by atoms with Crippen molar-refractivity contribution in [3.05, 3.63) is 59.4 Å². The number of hydrogen-bond donors (Lipinski definition) is 1. The molecule has 1 unspecified atom stereocenters. The Kier molecular flexibility index (Phi) is 3.97. The standard InChI is InChI=1S/C18H18IN3O/c19-18(12-17-21-8-9-22-17,16-3-1-2-7-20-16)14-4-5-15-13(11-14)6-10-23-15/h1-5,7,11H,6,8-10,12H2,(H,21,22). The first kappa shape index (κ1) is 14.9. The van der Waals surface area contributed by atoms with Gasteiger partial charge in [0.2, 0.25) is 0 Å². The van der Waals surface area contributed by atoms with Gasteiger partial charge in [-0.15, -0.1) is 0 Å². The first-order valence-corrected chi connectivity index (χ1v) is 8.97. The van der Waals surface area contributed by atoms with Gasteiger partial charge in [-0.25, -0.2) is 0 Å². The van der Waals surface area contributed by atoms with Crippen molar-refractivity contribution in [2.45, 2.75) is 16.3 Å². The van der Waals surface area contributed by atoms with E-state index in [1.807, 2.05) is 12.3 Å². The van der Waals surface area contributed by atoms with Crippen molar-refractivity contribution in [2.24, 2.45) is 4.99 Å². The van der Waals surface area contributed by atoms with Crippen molar-refractivity contribution in [3.8, 4) is 5.75 Å². The Morgan fingerprint density at radius 2 is 2.22 bits per heavy atom. The Balaban J connectivity index is 1.78. The van der Waals surface area contributed by atoms with Crippen LogP contribution >= 0.6 is 22.6 Å². The number of nitrogens with zero attached hydrogens (tertiary/aromatic N) is 2. The number of benzene rings is 1. The molecule has 0 spiro atoms. The van der Waals surface area contributed by atoms with Crippen LogP contribution in [0.1, 0.15) is 23.2 Å². The number of alkyl halides is 1. The van der Waals surface area contributed by atoms with Crippen LogP contribution in [0.15, 0.2) is 47.6 Å². The molecule has 1 aromatic heterocycles. The highest BCUT2D eigenvalue weighted by Gasteiger charge is 2.35. The van der Waals surface area contributed by atoms with Gasteiger partial charge in [-0.05, 0) is 29.3 Å². The molecule has 5 heteroatoms. The van der Waals surface area contributed by atoms with Crippen LogP contribution in [-0.4, -0.2) is 30.5 Å². The fraction of sp³-hybridized carbons (Fsp3) is 0.333. The third-order valence-corrected chi connectivity index (χ3v) is 5.93. The number of hydrogen-bond acceptors (Lipinski definition) is 4. The predicted molar refractivity (Wildman–Crippen MR) is 99.6 cm³/mol. The summed E-state index contributed by atoms with van der Waals surface area (Å²) in [7, 11) is 0. The molecule has 0 saturated carbocycles. The van der Waals surface area contributed by atoms with Crippen molar-refractivity contribution in [3.63, 3.8) is 0 Å². The molecule has 0 aliphatic carbocycles. The van der Waals surface area contributed by atoms with Gasteiger partial charge >= 0.3 is 0 Å². The molecule has 1 N–H and O–H groups in total. The smallest absolute Gasteiger partial charge is 0.122 e. The topological polar surface area (TPSA) is 46.5 Å². The van der Waals surface area contributed by atoms with E-state index in [-0.39, 0.29) is 3.42 Å². The quantitative estimate of drug-likeness (QED) is 0.612. The number of amidine groups is 1. The minimum atomic E-state index is -0.229. The molecular weight excluding hydrogens is 401 g/mol. The zero-order valence-corrected chi connectivity index (χ0v) is 14.9. The molecule has 1 aromatic carbocycles. The summed E-state index contributed by atoms with van der Waals surface area (Å²) in [5, 5.41) is 3.40. The summed E-state index contributed by atoms with van der Waals surface area (Å²) in [6.07, 6.45) is 3.67. The van der Waals surface area contributed by atoms with Crippen LogP contribution in [0, 0.1) is 0 Å². The maximum absolute atomic E-state index is 5.65. The van der Waals surface area contributed by atoms with E-state index < -0.39 is 0 Å². The lowest BCUT2D eigenvalue weighted by atomic mass is 9.89.